The topological polar surface area (TPSA) is 74.8 Å². The van der Waals surface area contributed by atoms with Gasteiger partial charge < -0.3 is 19.9 Å². The molecule has 0 saturated carbocycles. The van der Waals surface area contributed by atoms with E-state index in [1.54, 1.807) is 12.3 Å². The maximum atomic E-state index is 12.6. The first-order chi connectivity index (χ1) is 12.3. The van der Waals surface area contributed by atoms with Gasteiger partial charge in [0.15, 0.2) is 5.78 Å². The molecule has 2 heterocycles. The highest BCUT2D eigenvalue weighted by Crippen LogP contribution is 2.20. The van der Waals surface area contributed by atoms with Crippen molar-refractivity contribution < 1.29 is 14.3 Å². The van der Waals surface area contributed by atoms with Crippen LogP contribution in [0.4, 0.5) is 10.6 Å². The molecular formula is C19H30N4O3. The molecule has 0 bridgehead atoms. The third-order valence-corrected chi connectivity index (χ3v) is 4.14. The van der Waals surface area contributed by atoms with Crippen molar-refractivity contribution in [2.24, 2.45) is 0 Å². The lowest BCUT2D eigenvalue weighted by Gasteiger charge is -2.34. The minimum atomic E-state index is -0.521. The van der Waals surface area contributed by atoms with Crippen LogP contribution in [0, 0.1) is 0 Å². The molecule has 144 valence electrons. The summed E-state index contributed by atoms with van der Waals surface area (Å²) in [5.41, 5.74) is 0.141. The van der Waals surface area contributed by atoms with Crippen LogP contribution in [0.25, 0.3) is 0 Å². The lowest BCUT2D eigenvalue weighted by atomic mass is 10.1. The van der Waals surface area contributed by atoms with Gasteiger partial charge >= 0.3 is 6.09 Å². The number of likely N-dealkylation sites (N-methyl/N-ethyl adjacent to an activating group) is 1. The number of ketones is 1. The third-order valence-electron chi connectivity index (χ3n) is 4.14. The van der Waals surface area contributed by atoms with E-state index in [1.807, 2.05) is 26.8 Å². The first kappa shape index (κ1) is 20.2. The number of anilines is 1. The van der Waals surface area contributed by atoms with E-state index in [2.05, 4.69) is 27.1 Å². The highest BCUT2D eigenvalue weighted by Gasteiger charge is 2.21. The van der Waals surface area contributed by atoms with Crippen molar-refractivity contribution >= 4 is 17.7 Å². The van der Waals surface area contributed by atoms with Crippen molar-refractivity contribution in [1.29, 1.82) is 0 Å². The largest absolute Gasteiger partial charge is 0.444 e. The molecule has 1 amide bonds. The number of amides is 1. The molecule has 7 nitrogen and oxygen atoms in total. The van der Waals surface area contributed by atoms with Crippen LogP contribution >= 0.6 is 0 Å². The van der Waals surface area contributed by atoms with Gasteiger partial charge in [0.25, 0.3) is 0 Å². The van der Waals surface area contributed by atoms with E-state index in [1.165, 1.54) is 0 Å². The van der Waals surface area contributed by atoms with Crippen LogP contribution in [-0.2, 0) is 4.74 Å². The number of Topliss-reactive ketones (excluding diaryl/α,β-unsaturated/α-hetero) is 1. The smallest absolute Gasteiger partial charge is 0.407 e. The molecule has 1 aliphatic heterocycles. The number of hydrogen-bond acceptors (Lipinski definition) is 6. The van der Waals surface area contributed by atoms with Gasteiger partial charge in [-0.05, 0) is 46.4 Å². The summed E-state index contributed by atoms with van der Waals surface area (Å²) < 4.78 is 5.18. The van der Waals surface area contributed by atoms with Crippen LogP contribution in [0.5, 0.6) is 0 Å². The molecule has 1 fully saturated rings. The van der Waals surface area contributed by atoms with Gasteiger partial charge in [-0.15, -0.1) is 0 Å². The second kappa shape index (κ2) is 8.98. The van der Waals surface area contributed by atoms with Crippen LogP contribution in [-0.4, -0.2) is 67.1 Å². The number of ether oxygens (including phenoxy) is 1. The molecule has 0 aliphatic carbocycles. The first-order valence-corrected chi connectivity index (χ1v) is 9.15. The number of piperazine rings is 1. The minimum absolute atomic E-state index is 0.0537. The van der Waals surface area contributed by atoms with Gasteiger partial charge in [0.05, 0.1) is 5.56 Å². The fourth-order valence-electron chi connectivity index (χ4n) is 2.77. The SMILES string of the molecule is CN1CCN(c2ncccc2C(=O)CCCNC(=O)OC(C)(C)C)CC1. The monoisotopic (exact) mass is 362 g/mol. The van der Waals surface area contributed by atoms with Gasteiger partial charge in [0.2, 0.25) is 0 Å². The first-order valence-electron chi connectivity index (χ1n) is 9.15. The van der Waals surface area contributed by atoms with E-state index in [0.717, 1.165) is 32.0 Å². The summed E-state index contributed by atoms with van der Waals surface area (Å²) in [6.07, 6.45) is 2.20. The zero-order valence-corrected chi connectivity index (χ0v) is 16.2. The second-order valence-electron chi connectivity index (χ2n) is 7.62. The van der Waals surface area contributed by atoms with Crippen LogP contribution in [0.15, 0.2) is 18.3 Å². The number of aromatic nitrogens is 1. The number of alkyl carbamates (subject to hydrolysis) is 1. The van der Waals surface area contributed by atoms with E-state index in [9.17, 15) is 9.59 Å². The van der Waals surface area contributed by atoms with Gasteiger partial charge in [0, 0.05) is 45.3 Å². The summed E-state index contributed by atoms with van der Waals surface area (Å²) in [6.45, 7) is 9.52. The number of nitrogens with zero attached hydrogens (tertiary/aromatic N) is 3. The Labute approximate surface area is 155 Å². The maximum Gasteiger partial charge on any atom is 0.407 e. The molecule has 1 N–H and O–H groups in total. The number of pyridine rings is 1. The van der Waals surface area contributed by atoms with Gasteiger partial charge in [-0.3, -0.25) is 4.79 Å². The summed E-state index contributed by atoms with van der Waals surface area (Å²) in [6, 6.07) is 3.63. The Balaban J connectivity index is 1.85. The van der Waals surface area contributed by atoms with Gasteiger partial charge in [0.1, 0.15) is 11.4 Å². The third kappa shape index (κ3) is 6.29. The van der Waals surface area contributed by atoms with Crippen molar-refractivity contribution in [1.82, 2.24) is 15.2 Å². The molecule has 1 aromatic heterocycles. The Morgan fingerprint density at radius 1 is 1.23 bits per heavy atom. The van der Waals surface area contributed by atoms with Gasteiger partial charge in [-0.2, -0.15) is 0 Å². The Bertz CT molecular complexity index is 619. The standard InChI is InChI=1S/C19H30N4O3/c1-19(2,3)26-18(25)21-10-6-8-16(24)15-7-5-9-20-17(15)23-13-11-22(4)12-14-23/h5,7,9H,6,8,10-14H2,1-4H3,(H,21,25). The molecule has 26 heavy (non-hydrogen) atoms. The van der Waals surface area contributed by atoms with E-state index >= 15 is 0 Å². The van der Waals surface area contributed by atoms with E-state index in [-0.39, 0.29) is 5.78 Å². The van der Waals surface area contributed by atoms with Crippen molar-refractivity contribution in [3.05, 3.63) is 23.9 Å². The zero-order valence-electron chi connectivity index (χ0n) is 16.2. The highest BCUT2D eigenvalue weighted by atomic mass is 16.6. The Morgan fingerprint density at radius 3 is 2.58 bits per heavy atom. The van der Waals surface area contributed by atoms with Crippen molar-refractivity contribution in [3.8, 4) is 0 Å². The fourth-order valence-corrected chi connectivity index (χ4v) is 2.77. The summed E-state index contributed by atoms with van der Waals surface area (Å²) >= 11 is 0. The number of rotatable bonds is 6. The second-order valence-corrected chi connectivity index (χ2v) is 7.62. The zero-order chi connectivity index (χ0) is 19.2. The predicted octanol–water partition coefficient (Wildman–Crippen LogP) is 2.32. The molecule has 1 aromatic rings. The van der Waals surface area contributed by atoms with E-state index < -0.39 is 11.7 Å². The maximum absolute atomic E-state index is 12.6. The summed E-state index contributed by atoms with van der Waals surface area (Å²) in [4.78, 5) is 33.1. The summed E-state index contributed by atoms with van der Waals surface area (Å²) in [5, 5.41) is 2.68. The molecule has 1 saturated heterocycles. The number of nitrogens with one attached hydrogen (secondary N) is 1. The van der Waals surface area contributed by atoms with Crippen molar-refractivity contribution in [3.63, 3.8) is 0 Å². The minimum Gasteiger partial charge on any atom is -0.444 e. The number of carbonyl (C=O) groups is 2. The van der Waals surface area contributed by atoms with Gasteiger partial charge in [-0.25, -0.2) is 9.78 Å². The van der Waals surface area contributed by atoms with Gasteiger partial charge in [-0.1, -0.05) is 0 Å². The van der Waals surface area contributed by atoms with Crippen LogP contribution in [0.2, 0.25) is 0 Å². The molecule has 7 heteroatoms. The Hall–Kier alpha value is -2.15. The average Bonchev–Trinajstić information content (AvgIpc) is 2.58. The van der Waals surface area contributed by atoms with Crippen molar-refractivity contribution in [2.45, 2.75) is 39.2 Å². The Morgan fingerprint density at radius 2 is 1.92 bits per heavy atom. The lowest BCUT2D eigenvalue weighted by molar-refractivity contribution is 0.0525. The quantitative estimate of drug-likeness (QED) is 0.618. The lowest BCUT2D eigenvalue weighted by Crippen LogP contribution is -2.45. The summed E-state index contributed by atoms with van der Waals surface area (Å²) in [5.74, 6) is 0.823. The van der Waals surface area contributed by atoms with E-state index in [4.69, 9.17) is 4.74 Å². The highest BCUT2D eigenvalue weighted by molar-refractivity contribution is 6.00. The molecule has 0 unspecified atom stereocenters. The Kier molecular flexibility index (Phi) is 6.97. The molecule has 0 aromatic carbocycles. The molecule has 0 atom stereocenters. The fraction of sp³-hybridized carbons (Fsp3) is 0.632. The van der Waals surface area contributed by atoms with E-state index in [0.29, 0.717) is 24.9 Å². The van der Waals surface area contributed by atoms with Crippen LogP contribution in [0.1, 0.15) is 44.0 Å². The predicted molar refractivity (Wildman–Crippen MR) is 102 cm³/mol. The van der Waals surface area contributed by atoms with Crippen LogP contribution in [0.3, 0.4) is 0 Å². The molecule has 2 rings (SSSR count). The van der Waals surface area contributed by atoms with Crippen LogP contribution < -0.4 is 10.2 Å². The number of carbonyl (C=O) groups excluding carboxylic acids is 2. The molecule has 1 aliphatic rings. The molecular weight excluding hydrogens is 332 g/mol. The van der Waals surface area contributed by atoms with Crippen molar-refractivity contribution in [2.75, 3.05) is 44.7 Å². The normalized spacial score (nSPS) is 15.6. The average molecular weight is 362 g/mol. The molecule has 0 radical (unpaired) electrons. The molecule has 0 spiro atoms. The summed E-state index contributed by atoms with van der Waals surface area (Å²) in [7, 11) is 2.10. The number of hydrogen-bond donors (Lipinski definition) is 1.